The van der Waals surface area contributed by atoms with Crippen LogP contribution in [0.3, 0.4) is 0 Å². The Morgan fingerprint density at radius 3 is 2.03 bits per heavy atom. The van der Waals surface area contributed by atoms with E-state index >= 15 is 0 Å². The minimum Gasteiger partial charge on any atom is -0.336 e. The second-order valence-corrected chi connectivity index (χ2v) is 9.51. The molecule has 0 N–H and O–H groups in total. The highest BCUT2D eigenvalue weighted by Crippen LogP contribution is 2.37. The van der Waals surface area contributed by atoms with Gasteiger partial charge in [0.05, 0.1) is 6.54 Å². The van der Waals surface area contributed by atoms with Crippen LogP contribution in [0, 0.1) is 17.8 Å². The number of Topliss-reactive ketones (excluding diaryl/α,β-unsaturated/α-hetero) is 1. The summed E-state index contributed by atoms with van der Waals surface area (Å²) in [5.41, 5.74) is 0. The van der Waals surface area contributed by atoms with Crippen LogP contribution in [0.1, 0.15) is 58.8 Å². The van der Waals surface area contributed by atoms with Gasteiger partial charge in [0.25, 0.3) is 5.92 Å². The van der Waals surface area contributed by atoms with E-state index in [0.717, 1.165) is 52.0 Å². The van der Waals surface area contributed by atoms with Crippen molar-refractivity contribution in [2.75, 3.05) is 52.4 Å². The molecule has 2 aliphatic heterocycles. The zero-order valence-electron chi connectivity index (χ0n) is 18.8. The summed E-state index contributed by atoms with van der Waals surface area (Å²) in [5, 5.41) is 0. The quantitative estimate of drug-likeness (QED) is 0.626. The fourth-order valence-electron chi connectivity index (χ4n) is 5.37. The average Bonchev–Trinajstić information content (AvgIpc) is 2.75. The molecule has 1 atom stereocenters. The second-order valence-electron chi connectivity index (χ2n) is 9.51. The molecule has 1 saturated carbocycles. The number of halogens is 2. The molecule has 1 unspecified atom stereocenters. The Morgan fingerprint density at radius 2 is 1.47 bits per heavy atom. The van der Waals surface area contributed by atoms with Gasteiger partial charge in [-0.15, -0.1) is 0 Å². The van der Waals surface area contributed by atoms with Crippen molar-refractivity contribution in [3.63, 3.8) is 0 Å². The van der Waals surface area contributed by atoms with Crippen LogP contribution >= 0.6 is 0 Å². The number of carbonyl (C=O) groups excluding carboxylic acids is 2. The zero-order valence-corrected chi connectivity index (χ0v) is 18.8. The third kappa shape index (κ3) is 5.78. The van der Waals surface area contributed by atoms with Crippen LogP contribution in [0.25, 0.3) is 0 Å². The van der Waals surface area contributed by atoms with Gasteiger partial charge in [-0.2, -0.15) is 0 Å². The lowest BCUT2D eigenvalue weighted by Crippen LogP contribution is -2.56. The van der Waals surface area contributed by atoms with Gasteiger partial charge in [0.2, 0.25) is 5.91 Å². The number of piperazine rings is 1. The third-order valence-electron chi connectivity index (χ3n) is 7.48. The molecule has 5 nitrogen and oxygen atoms in total. The van der Waals surface area contributed by atoms with Crippen molar-refractivity contribution in [2.24, 2.45) is 17.8 Å². The van der Waals surface area contributed by atoms with Gasteiger partial charge in [0.15, 0.2) is 0 Å². The van der Waals surface area contributed by atoms with E-state index in [1.807, 2.05) is 6.92 Å². The fourth-order valence-corrected chi connectivity index (χ4v) is 5.37. The van der Waals surface area contributed by atoms with E-state index in [1.165, 1.54) is 4.90 Å². The maximum Gasteiger partial charge on any atom is 0.269 e. The molecule has 2 saturated heterocycles. The number of ketones is 1. The molecular formula is C23H39F2N3O2. The maximum absolute atomic E-state index is 14.9. The molecular weight excluding hydrogens is 388 g/mol. The Bertz CT molecular complexity index is 585. The summed E-state index contributed by atoms with van der Waals surface area (Å²) in [6.07, 6.45) is 4.61. The summed E-state index contributed by atoms with van der Waals surface area (Å²) >= 11 is 0. The monoisotopic (exact) mass is 427 g/mol. The number of amides is 1. The predicted molar refractivity (Wildman–Crippen MR) is 114 cm³/mol. The highest BCUT2D eigenvalue weighted by atomic mass is 19.3. The van der Waals surface area contributed by atoms with Crippen molar-refractivity contribution >= 4 is 11.7 Å². The van der Waals surface area contributed by atoms with Crippen LogP contribution in [-0.4, -0.2) is 84.7 Å². The smallest absolute Gasteiger partial charge is 0.269 e. The molecule has 0 aromatic rings. The van der Waals surface area contributed by atoms with E-state index in [4.69, 9.17) is 0 Å². The lowest BCUT2D eigenvalue weighted by atomic mass is 9.78. The SMILES string of the molecule is CCCC(=O)C1CCC(C(=O)N2CCC(CN3CCN(CC)CC3)C(F)(F)C2)CC1. The molecule has 2 heterocycles. The predicted octanol–water partition coefficient (Wildman–Crippen LogP) is 3.28. The summed E-state index contributed by atoms with van der Waals surface area (Å²) < 4.78 is 29.8. The van der Waals surface area contributed by atoms with Crippen LogP contribution in [0.15, 0.2) is 0 Å². The molecule has 30 heavy (non-hydrogen) atoms. The van der Waals surface area contributed by atoms with Gasteiger partial charge >= 0.3 is 0 Å². The summed E-state index contributed by atoms with van der Waals surface area (Å²) in [6, 6.07) is 0. The number of alkyl halides is 2. The molecule has 3 fully saturated rings. The van der Waals surface area contributed by atoms with Crippen LogP contribution in [0.2, 0.25) is 0 Å². The number of carbonyl (C=O) groups is 2. The second kappa shape index (κ2) is 10.5. The Hall–Kier alpha value is -1.08. The van der Waals surface area contributed by atoms with E-state index in [2.05, 4.69) is 16.7 Å². The normalized spacial score (nSPS) is 30.9. The van der Waals surface area contributed by atoms with E-state index < -0.39 is 18.4 Å². The Kier molecular flexibility index (Phi) is 8.24. The van der Waals surface area contributed by atoms with E-state index in [1.54, 1.807) is 0 Å². The number of hydrogen-bond donors (Lipinski definition) is 0. The molecule has 3 aliphatic rings. The Balaban J connectivity index is 1.47. The average molecular weight is 428 g/mol. The summed E-state index contributed by atoms with van der Waals surface area (Å²) in [6.45, 7) is 9.16. The maximum atomic E-state index is 14.9. The first-order chi connectivity index (χ1) is 14.3. The Morgan fingerprint density at radius 1 is 0.867 bits per heavy atom. The molecule has 0 bridgehead atoms. The largest absolute Gasteiger partial charge is 0.336 e. The van der Waals surface area contributed by atoms with E-state index in [0.29, 0.717) is 44.6 Å². The molecule has 0 aromatic heterocycles. The van der Waals surface area contributed by atoms with Crippen LogP contribution in [0.4, 0.5) is 8.78 Å². The minimum atomic E-state index is -2.83. The molecule has 3 rings (SSSR count). The first kappa shape index (κ1) is 23.6. The summed E-state index contributed by atoms with van der Waals surface area (Å²) in [5.74, 6) is -3.44. The fraction of sp³-hybridized carbons (Fsp3) is 0.913. The molecule has 7 heteroatoms. The van der Waals surface area contributed by atoms with Crippen molar-refractivity contribution < 1.29 is 18.4 Å². The number of piperidine rings is 1. The highest BCUT2D eigenvalue weighted by molar-refractivity contribution is 5.82. The lowest BCUT2D eigenvalue weighted by molar-refractivity contribution is -0.157. The number of likely N-dealkylation sites (tertiary alicyclic amines) is 1. The first-order valence-corrected chi connectivity index (χ1v) is 12.0. The lowest BCUT2D eigenvalue weighted by Gasteiger charge is -2.43. The molecule has 0 aromatic carbocycles. The van der Waals surface area contributed by atoms with Crippen LogP contribution < -0.4 is 0 Å². The van der Waals surface area contributed by atoms with Crippen molar-refractivity contribution in [3.05, 3.63) is 0 Å². The molecule has 172 valence electrons. The zero-order chi connectivity index (χ0) is 21.7. The van der Waals surface area contributed by atoms with E-state index in [-0.39, 0.29) is 17.7 Å². The van der Waals surface area contributed by atoms with Crippen LogP contribution in [-0.2, 0) is 9.59 Å². The van der Waals surface area contributed by atoms with Gasteiger partial charge < -0.3 is 14.7 Å². The van der Waals surface area contributed by atoms with Crippen molar-refractivity contribution in [2.45, 2.75) is 64.7 Å². The van der Waals surface area contributed by atoms with Gasteiger partial charge in [0.1, 0.15) is 5.78 Å². The summed E-state index contributed by atoms with van der Waals surface area (Å²) in [4.78, 5) is 30.9. The highest BCUT2D eigenvalue weighted by Gasteiger charge is 2.47. The van der Waals surface area contributed by atoms with Crippen molar-refractivity contribution in [1.29, 1.82) is 0 Å². The number of nitrogens with zero attached hydrogens (tertiary/aromatic N) is 3. The van der Waals surface area contributed by atoms with Crippen molar-refractivity contribution in [1.82, 2.24) is 14.7 Å². The molecule has 0 spiro atoms. The van der Waals surface area contributed by atoms with E-state index in [9.17, 15) is 18.4 Å². The molecule has 1 amide bonds. The van der Waals surface area contributed by atoms with Gasteiger partial charge in [-0.05, 0) is 45.1 Å². The topological polar surface area (TPSA) is 43.9 Å². The van der Waals surface area contributed by atoms with Crippen molar-refractivity contribution in [3.8, 4) is 0 Å². The Labute approximate surface area is 180 Å². The first-order valence-electron chi connectivity index (χ1n) is 12.0. The number of rotatable bonds is 7. The van der Waals surface area contributed by atoms with Gasteiger partial charge in [0, 0.05) is 63.4 Å². The van der Waals surface area contributed by atoms with Gasteiger partial charge in [-0.1, -0.05) is 13.8 Å². The van der Waals surface area contributed by atoms with Gasteiger partial charge in [-0.3, -0.25) is 9.59 Å². The van der Waals surface area contributed by atoms with Crippen LogP contribution in [0.5, 0.6) is 0 Å². The third-order valence-corrected chi connectivity index (χ3v) is 7.48. The standard InChI is InChI=1S/C23H39F2N3O2/c1-3-5-21(29)18-6-8-19(9-7-18)22(30)28-11-10-20(23(24,25)17-28)16-27-14-12-26(4-2)13-15-27/h18-20H,3-17H2,1-2H3. The number of hydrogen-bond acceptors (Lipinski definition) is 4. The number of likely N-dealkylation sites (N-methyl/N-ethyl adjacent to an activating group) is 1. The molecule has 1 aliphatic carbocycles. The van der Waals surface area contributed by atoms with Gasteiger partial charge in [-0.25, -0.2) is 8.78 Å². The summed E-state index contributed by atoms with van der Waals surface area (Å²) in [7, 11) is 0. The molecule has 0 radical (unpaired) electrons. The minimum absolute atomic E-state index is 0.0642.